The number of anilines is 1. The van der Waals surface area contributed by atoms with Crippen molar-refractivity contribution in [3.05, 3.63) is 24.3 Å². The Hall–Kier alpha value is -1.24. The van der Waals surface area contributed by atoms with Crippen LogP contribution >= 0.6 is 11.8 Å². The Bertz CT molecular complexity index is 391. The molecule has 1 saturated heterocycles. The minimum absolute atomic E-state index is 0.0906. The molecule has 2 N–H and O–H groups in total. The van der Waals surface area contributed by atoms with E-state index in [1.165, 1.54) is 6.92 Å². The van der Waals surface area contributed by atoms with Crippen LogP contribution < -0.4 is 10.9 Å². The quantitative estimate of drug-likeness (QED) is 0.627. The molecule has 0 aromatic heterocycles. The molecular formula is C12H16N2O3S. The molecule has 1 aromatic rings. The highest BCUT2D eigenvalue weighted by atomic mass is 32.2. The van der Waals surface area contributed by atoms with Crippen LogP contribution in [0.2, 0.25) is 0 Å². The van der Waals surface area contributed by atoms with Crippen LogP contribution in [0.4, 0.5) is 5.69 Å². The van der Waals surface area contributed by atoms with Crippen molar-refractivity contribution in [2.24, 2.45) is 0 Å². The van der Waals surface area contributed by atoms with Crippen LogP contribution in [0.25, 0.3) is 0 Å². The molecule has 18 heavy (non-hydrogen) atoms. The molecule has 0 spiro atoms. The summed E-state index contributed by atoms with van der Waals surface area (Å²) in [5.41, 5.74) is 6.18. The van der Waals surface area contributed by atoms with Gasteiger partial charge in [-0.25, -0.2) is 0 Å². The van der Waals surface area contributed by atoms with Crippen LogP contribution in [0.15, 0.2) is 29.2 Å². The summed E-state index contributed by atoms with van der Waals surface area (Å²) < 4.78 is 10.7. The molecule has 1 amide bonds. The van der Waals surface area contributed by atoms with Gasteiger partial charge in [-0.3, -0.25) is 15.6 Å². The molecule has 1 heterocycles. The Labute approximate surface area is 110 Å². The summed E-state index contributed by atoms with van der Waals surface area (Å²) in [6.45, 7) is 2.83. The van der Waals surface area contributed by atoms with E-state index in [1.807, 2.05) is 24.3 Å². The smallest absolute Gasteiger partial charge is 0.235 e. The first-order chi connectivity index (χ1) is 8.74. The lowest BCUT2D eigenvalue weighted by Gasteiger charge is -2.09. The molecule has 1 aromatic carbocycles. The number of carbonyl (C=O) groups is 1. The number of hydrazine groups is 1. The van der Waals surface area contributed by atoms with Crippen molar-refractivity contribution in [3.8, 4) is 0 Å². The molecule has 5 nitrogen and oxygen atoms in total. The first kappa shape index (κ1) is 13.2. The molecule has 2 rings (SSSR count). The van der Waals surface area contributed by atoms with Gasteiger partial charge in [0, 0.05) is 17.6 Å². The van der Waals surface area contributed by atoms with E-state index < -0.39 is 0 Å². The molecule has 0 radical (unpaired) electrons. The summed E-state index contributed by atoms with van der Waals surface area (Å²) in [6, 6.07) is 7.80. The third kappa shape index (κ3) is 4.21. The first-order valence-electron chi connectivity index (χ1n) is 5.73. The standard InChI is InChI=1S/C12H16N2O3S/c1-9(15)13-14-10-2-4-11(5-3-10)18-8-12-16-6-7-17-12/h2-5,12,14H,6-8H2,1H3,(H,13,15). The van der Waals surface area contributed by atoms with Gasteiger partial charge in [0.15, 0.2) is 6.29 Å². The zero-order valence-electron chi connectivity index (χ0n) is 10.1. The molecule has 98 valence electrons. The molecule has 0 bridgehead atoms. The van der Waals surface area contributed by atoms with Gasteiger partial charge in [-0.15, -0.1) is 11.8 Å². The van der Waals surface area contributed by atoms with Gasteiger partial charge in [0.2, 0.25) is 5.91 Å². The highest BCUT2D eigenvalue weighted by Gasteiger charge is 2.15. The Morgan fingerprint density at radius 2 is 2.00 bits per heavy atom. The summed E-state index contributed by atoms with van der Waals surface area (Å²) in [7, 11) is 0. The molecule has 0 aliphatic carbocycles. The Morgan fingerprint density at radius 1 is 1.33 bits per heavy atom. The zero-order chi connectivity index (χ0) is 12.8. The maximum absolute atomic E-state index is 10.7. The lowest BCUT2D eigenvalue weighted by molar-refractivity contribution is -0.118. The monoisotopic (exact) mass is 268 g/mol. The zero-order valence-corrected chi connectivity index (χ0v) is 11.0. The summed E-state index contributed by atoms with van der Waals surface area (Å²) in [5.74, 6) is 0.669. The van der Waals surface area contributed by atoms with Crippen LogP contribution in [0, 0.1) is 0 Å². The van der Waals surface area contributed by atoms with Gasteiger partial charge < -0.3 is 9.47 Å². The summed E-state index contributed by atoms with van der Waals surface area (Å²) in [5, 5.41) is 0. The van der Waals surface area contributed by atoms with Crippen molar-refractivity contribution in [3.63, 3.8) is 0 Å². The molecule has 1 aliphatic heterocycles. The van der Waals surface area contributed by atoms with E-state index in [-0.39, 0.29) is 12.2 Å². The molecule has 0 saturated carbocycles. The number of amides is 1. The normalized spacial score (nSPS) is 15.6. The van der Waals surface area contributed by atoms with Gasteiger partial charge >= 0.3 is 0 Å². The first-order valence-corrected chi connectivity index (χ1v) is 6.71. The highest BCUT2D eigenvalue weighted by Crippen LogP contribution is 2.22. The average molecular weight is 268 g/mol. The van der Waals surface area contributed by atoms with E-state index in [0.29, 0.717) is 13.2 Å². The number of rotatable bonds is 5. The number of nitrogens with one attached hydrogen (secondary N) is 2. The SMILES string of the molecule is CC(=O)NNc1ccc(SCC2OCCO2)cc1. The van der Waals surface area contributed by atoms with Crippen molar-refractivity contribution in [2.45, 2.75) is 18.1 Å². The fourth-order valence-corrected chi connectivity index (χ4v) is 2.31. The van der Waals surface area contributed by atoms with E-state index in [2.05, 4.69) is 10.9 Å². The number of hydrogen-bond donors (Lipinski definition) is 2. The van der Waals surface area contributed by atoms with Crippen molar-refractivity contribution >= 4 is 23.4 Å². The number of hydrogen-bond acceptors (Lipinski definition) is 5. The number of carbonyl (C=O) groups excluding carboxylic acids is 1. The number of ether oxygens (including phenoxy) is 2. The van der Waals surface area contributed by atoms with E-state index in [1.54, 1.807) is 11.8 Å². The summed E-state index contributed by atoms with van der Waals surface area (Å²) >= 11 is 1.69. The number of benzene rings is 1. The van der Waals surface area contributed by atoms with E-state index in [4.69, 9.17) is 9.47 Å². The van der Waals surface area contributed by atoms with Crippen LogP contribution in [-0.4, -0.2) is 31.2 Å². The van der Waals surface area contributed by atoms with Crippen LogP contribution in [-0.2, 0) is 14.3 Å². The maximum Gasteiger partial charge on any atom is 0.235 e. The van der Waals surface area contributed by atoms with Gasteiger partial charge in [0.05, 0.1) is 18.9 Å². The second-order valence-electron chi connectivity index (χ2n) is 3.81. The summed E-state index contributed by atoms with van der Waals surface area (Å²) in [6.07, 6.45) is -0.0906. The van der Waals surface area contributed by atoms with Gasteiger partial charge in [-0.05, 0) is 24.3 Å². The van der Waals surface area contributed by atoms with Crippen molar-refractivity contribution < 1.29 is 14.3 Å². The molecule has 0 atom stereocenters. The fourth-order valence-electron chi connectivity index (χ4n) is 1.46. The van der Waals surface area contributed by atoms with Crippen LogP contribution in [0.3, 0.4) is 0 Å². The molecule has 1 aliphatic rings. The Morgan fingerprint density at radius 3 is 2.61 bits per heavy atom. The third-order valence-corrected chi connectivity index (χ3v) is 3.36. The van der Waals surface area contributed by atoms with E-state index in [9.17, 15) is 4.79 Å². The Kier molecular flexibility index (Phi) is 4.86. The van der Waals surface area contributed by atoms with E-state index in [0.717, 1.165) is 16.3 Å². The van der Waals surface area contributed by atoms with Crippen molar-refractivity contribution in [1.82, 2.24) is 5.43 Å². The second kappa shape index (κ2) is 6.63. The predicted molar refractivity (Wildman–Crippen MR) is 70.3 cm³/mol. The molecular weight excluding hydrogens is 252 g/mol. The minimum Gasteiger partial charge on any atom is -0.349 e. The maximum atomic E-state index is 10.7. The predicted octanol–water partition coefficient (Wildman–Crippen LogP) is 1.61. The van der Waals surface area contributed by atoms with Gasteiger partial charge in [-0.1, -0.05) is 0 Å². The molecule has 6 heteroatoms. The second-order valence-corrected chi connectivity index (χ2v) is 4.91. The fraction of sp³-hybridized carbons (Fsp3) is 0.417. The van der Waals surface area contributed by atoms with Gasteiger partial charge in [0.25, 0.3) is 0 Å². The minimum atomic E-state index is -0.121. The molecule has 1 fully saturated rings. The topological polar surface area (TPSA) is 59.6 Å². The van der Waals surface area contributed by atoms with Crippen LogP contribution in [0.5, 0.6) is 0 Å². The van der Waals surface area contributed by atoms with Gasteiger partial charge in [-0.2, -0.15) is 0 Å². The Balaban J connectivity index is 1.77. The van der Waals surface area contributed by atoms with Crippen molar-refractivity contribution in [1.29, 1.82) is 0 Å². The van der Waals surface area contributed by atoms with Gasteiger partial charge in [0.1, 0.15) is 0 Å². The lowest BCUT2D eigenvalue weighted by Crippen LogP contribution is -2.26. The number of thioether (sulfide) groups is 1. The van der Waals surface area contributed by atoms with Crippen molar-refractivity contribution in [2.75, 3.05) is 24.4 Å². The highest BCUT2D eigenvalue weighted by molar-refractivity contribution is 7.99. The van der Waals surface area contributed by atoms with Crippen LogP contribution in [0.1, 0.15) is 6.92 Å². The average Bonchev–Trinajstić information content (AvgIpc) is 2.88. The largest absolute Gasteiger partial charge is 0.349 e. The third-order valence-electron chi connectivity index (χ3n) is 2.31. The van der Waals surface area contributed by atoms with E-state index >= 15 is 0 Å². The molecule has 0 unspecified atom stereocenters. The lowest BCUT2D eigenvalue weighted by atomic mass is 10.3. The summed E-state index contributed by atoms with van der Waals surface area (Å²) in [4.78, 5) is 11.9.